The molecule has 6 N–H and O–H groups in total. The van der Waals surface area contributed by atoms with Crippen molar-refractivity contribution in [2.45, 2.75) is 59.3 Å². The van der Waals surface area contributed by atoms with Gasteiger partial charge in [-0.15, -0.1) is 0 Å². The summed E-state index contributed by atoms with van der Waals surface area (Å²) in [5.74, 6) is 0. The highest BCUT2D eigenvalue weighted by Crippen LogP contribution is 2.45. The van der Waals surface area contributed by atoms with E-state index >= 15 is 0 Å². The first-order valence-electron chi connectivity index (χ1n) is 11.5. The number of nitrogens with two attached hydrogens (primary N) is 2. The molecule has 1 saturated carbocycles. The second-order valence-corrected chi connectivity index (χ2v) is 10.4. The molecule has 0 aromatic heterocycles. The van der Waals surface area contributed by atoms with Crippen molar-refractivity contribution in [3.8, 4) is 0 Å². The van der Waals surface area contributed by atoms with E-state index in [4.69, 9.17) is 20.9 Å². The largest absolute Gasteiger partial charge is 0.445 e. The molecule has 8 nitrogen and oxygen atoms in total. The molecule has 0 bridgehead atoms. The van der Waals surface area contributed by atoms with Crippen molar-refractivity contribution in [2.75, 3.05) is 18.0 Å². The lowest BCUT2D eigenvalue weighted by Gasteiger charge is -2.46. The van der Waals surface area contributed by atoms with Crippen LogP contribution in [0.3, 0.4) is 0 Å². The number of ether oxygens (including phenoxy) is 2. The highest BCUT2D eigenvalue weighted by atomic mass is 16.6. The van der Waals surface area contributed by atoms with Crippen LogP contribution >= 0.6 is 0 Å². The zero-order chi connectivity index (χ0) is 24.8. The van der Waals surface area contributed by atoms with Gasteiger partial charge in [0, 0.05) is 24.0 Å². The summed E-state index contributed by atoms with van der Waals surface area (Å²) in [6.45, 7) is 7.24. The van der Waals surface area contributed by atoms with Crippen LogP contribution in [0.1, 0.15) is 51.2 Å². The van der Waals surface area contributed by atoms with Crippen LogP contribution in [0, 0.1) is 10.8 Å². The van der Waals surface area contributed by atoms with Crippen LogP contribution in [-0.4, -0.2) is 24.8 Å². The van der Waals surface area contributed by atoms with Crippen molar-refractivity contribution in [3.05, 3.63) is 59.7 Å². The van der Waals surface area contributed by atoms with E-state index in [2.05, 4.69) is 31.4 Å². The van der Waals surface area contributed by atoms with Gasteiger partial charge in [0.05, 0.1) is 0 Å². The minimum atomic E-state index is -0.474. The Morgan fingerprint density at radius 1 is 0.912 bits per heavy atom. The first-order chi connectivity index (χ1) is 16.0. The zero-order valence-corrected chi connectivity index (χ0v) is 20.2. The van der Waals surface area contributed by atoms with Crippen molar-refractivity contribution < 1.29 is 19.1 Å². The summed E-state index contributed by atoms with van der Waals surface area (Å²) in [7, 11) is 0. The number of hydrogen-bond donors (Lipinski definition) is 4. The molecule has 0 saturated heterocycles. The van der Waals surface area contributed by atoms with Crippen LogP contribution in [0.15, 0.2) is 48.5 Å². The Morgan fingerprint density at radius 3 is 2.03 bits per heavy atom. The fraction of sp³-hybridized carbons (Fsp3) is 0.462. The van der Waals surface area contributed by atoms with Gasteiger partial charge in [-0.05, 0) is 65.5 Å². The molecule has 2 unspecified atom stereocenters. The number of nitrogen functional groups attached to an aromatic ring is 2. The van der Waals surface area contributed by atoms with E-state index in [0.29, 0.717) is 17.9 Å². The Labute approximate surface area is 201 Å². The van der Waals surface area contributed by atoms with E-state index in [-0.39, 0.29) is 30.1 Å². The Hall–Kier alpha value is -3.42. The van der Waals surface area contributed by atoms with Crippen LogP contribution in [0.2, 0.25) is 0 Å². The van der Waals surface area contributed by atoms with E-state index in [1.807, 2.05) is 24.3 Å². The molecule has 1 aliphatic carbocycles. The highest BCUT2D eigenvalue weighted by molar-refractivity contribution is 5.68. The van der Waals surface area contributed by atoms with Crippen molar-refractivity contribution in [2.24, 2.45) is 10.8 Å². The lowest BCUT2D eigenvalue weighted by atomic mass is 9.62. The zero-order valence-electron chi connectivity index (χ0n) is 20.2. The van der Waals surface area contributed by atoms with E-state index in [0.717, 1.165) is 30.4 Å². The summed E-state index contributed by atoms with van der Waals surface area (Å²) >= 11 is 0. The van der Waals surface area contributed by atoms with Crippen molar-refractivity contribution in [1.82, 2.24) is 10.6 Å². The molecular weight excluding hydrogens is 432 g/mol. The van der Waals surface area contributed by atoms with E-state index in [1.54, 1.807) is 24.3 Å². The van der Waals surface area contributed by atoms with Gasteiger partial charge in [-0.25, -0.2) is 9.59 Å². The predicted octanol–water partition coefficient (Wildman–Crippen LogP) is 4.59. The molecule has 34 heavy (non-hydrogen) atoms. The lowest BCUT2D eigenvalue weighted by Crippen LogP contribution is -2.50. The molecule has 2 atom stereocenters. The molecule has 0 spiro atoms. The van der Waals surface area contributed by atoms with Crippen molar-refractivity contribution >= 4 is 23.6 Å². The van der Waals surface area contributed by atoms with Crippen LogP contribution in [0.4, 0.5) is 21.0 Å². The predicted molar refractivity (Wildman–Crippen MR) is 133 cm³/mol. The summed E-state index contributed by atoms with van der Waals surface area (Å²) in [5.41, 5.74) is 14.3. The minimum absolute atomic E-state index is 0.00796. The van der Waals surface area contributed by atoms with Gasteiger partial charge in [0.15, 0.2) is 0 Å². The second-order valence-electron chi connectivity index (χ2n) is 10.4. The van der Waals surface area contributed by atoms with Gasteiger partial charge >= 0.3 is 12.2 Å². The molecule has 184 valence electrons. The average molecular weight is 469 g/mol. The fourth-order valence-electron chi connectivity index (χ4n) is 5.08. The van der Waals surface area contributed by atoms with Gasteiger partial charge in [0.2, 0.25) is 0 Å². The average Bonchev–Trinajstić information content (AvgIpc) is 2.74. The quantitative estimate of drug-likeness (QED) is 0.440. The first kappa shape index (κ1) is 25.2. The lowest BCUT2D eigenvalue weighted by molar-refractivity contribution is 0.0610. The SMILES string of the molecule is CC1(C)CC(NC(=O)OCc2cccc(N)c2)CC(C)(CNC(=O)OCc2cccc(N)c2)C1. The summed E-state index contributed by atoms with van der Waals surface area (Å²) in [6, 6.07) is 14.4. The smallest absolute Gasteiger partial charge is 0.407 e. The number of rotatable bonds is 7. The molecule has 0 aliphatic heterocycles. The highest BCUT2D eigenvalue weighted by Gasteiger charge is 2.42. The molecule has 2 aromatic rings. The molecule has 2 amide bonds. The molecule has 1 fully saturated rings. The van der Waals surface area contributed by atoms with Gasteiger partial charge in [-0.2, -0.15) is 0 Å². The van der Waals surface area contributed by atoms with E-state index in [1.165, 1.54) is 0 Å². The third kappa shape index (κ3) is 7.86. The number of hydrogen-bond acceptors (Lipinski definition) is 6. The van der Waals surface area contributed by atoms with E-state index < -0.39 is 12.2 Å². The molecule has 0 radical (unpaired) electrons. The first-order valence-corrected chi connectivity index (χ1v) is 11.5. The van der Waals surface area contributed by atoms with E-state index in [9.17, 15) is 9.59 Å². The number of alkyl carbamates (subject to hydrolysis) is 2. The van der Waals surface area contributed by atoms with Crippen LogP contribution in [0.25, 0.3) is 0 Å². The van der Waals surface area contributed by atoms with Crippen LogP contribution in [0.5, 0.6) is 0 Å². The van der Waals surface area contributed by atoms with Gasteiger partial charge in [-0.1, -0.05) is 45.0 Å². The summed E-state index contributed by atoms with van der Waals surface area (Å²) in [6.07, 6.45) is 1.53. The molecule has 0 heterocycles. The van der Waals surface area contributed by atoms with Crippen molar-refractivity contribution in [1.29, 1.82) is 0 Å². The minimum Gasteiger partial charge on any atom is -0.445 e. The molecule has 3 rings (SSSR count). The summed E-state index contributed by atoms with van der Waals surface area (Å²) in [5, 5.41) is 5.90. The number of amides is 2. The number of anilines is 2. The Bertz CT molecular complexity index is 1010. The maximum atomic E-state index is 12.4. The number of benzene rings is 2. The molecule has 1 aliphatic rings. The van der Waals surface area contributed by atoms with Gasteiger partial charge in [0.1, 0.15) is 13.2 Å². The third-order valence-corrected chi connectivity index (χ3v) is 6.07. The second kappa shape index (κ2) is 10.7. The Morgan fingerprint density at radius 2 is 1.47 bits per heavy atom. The molecule has 8 heteroatoms. The number of carbonyl (C=O) groups excluding carboxylic acids is 2. The maximum Gasteiger partial charge on any atom is 0.407 e. The van der Waals surface area contributed by atoms with Gasteiger partial charge < -0.3 is 31.6 Å². The topological polar surface area (TPSA) is 129 Å². The fourth-order valence-corrected chi connectivity index (χ4v) is 5.08. The maximum absolute atomic E-state index is 12.4. The van der Waals surface area contributed by atoms with Gasteiger partial charge in [-0.3, -0.25) is 0 Å². The van der Waals surface area contributed by atoms with Gasteiger partial charge in [0.25, 0.3) is 0 Å². The normalized spacial score (nSPS) is 21.3. The summed E-state index contributed by atoms with van der Waals surface area (Å²) < 4.78 is 10.7. The Balaban J connectivity index is 1.49. The number of carbonyl (C=O) groups is 2. The monoisotopic (exact) mass is 468 g/mol. The molecular formula is C26H36N4O4. The summed E-state index contributed by atoms with van der Waals surface area (Å²) in [4.78, 5) is 24.7. The van der Waals surface area contributed by atoms with Crippen LogP contribution < -0.4 is 22.1 Å². The number of nitrogens with one attached hydrogen (secondary N) is 2. The standard InChI is InChI=1S/C26H36N4O4/c1-25(2)12-22(30-24(32)34-15-19-7-5-9-21(28)11-19)13-26(3,16-25)17-29-23(31)33-14-18-6-4-8-20(27)10-18/h4-11,22H,12-17,27-28H2,1-3H3,(H,29,31)(H,30,32). The Kier molecular flexibility index (Phi) is 7.91. The third-order valence-electron chi connectivity index (χ3n) is 6.07. The van der Waals surface area contributed by atoms with Crippen molar-refractivity contribution in [3.63, 3.8) is 0 Å². The molecule has 2 aromatic carbocycles. The van der Waals surface area contributed by atoms with Crippen LogP contribution in [-0.2, 0) is 22.7 Å².